The molecule has 0 radical (unpaired) electrons. The molecule has 1 aliphatic carbocycles. The van der Waals surface area contributed by atoms with Crippen molar-refractivity contribution < 1.29 is 9.53 Å². The Morgan fingerprint density at radius 3 is 2.62 bits per heavy atom. The van der Waals surface area contributed by atoms with Gasteiger partial charge in [0.05, 0.1) is 6.54 Å². The number of hydrogen-bond donors (Lipinski definition) is 2. The van der Waals surface area contributed by atoms with Gasteiger partial charge in [-0.1, -0.05) is 19.3 Å². The highest BCUT2D eigenvalue weighted by molar-refractivity contribution is 14.0. The molecule has 1 aromatic rings. The van der Waals surface area contributed by atoms with Crippen LogP contribution in [-0.2, 0) is 29.1 Å². The molecule has 9 nitrogen and oxygen atoms in total. The van der Waals surface area contributed by atoms with Crippen molar-refractivity contribution >= 4 is 35.8 Å². The van der Waals surface area contributed by atoms with Gasteiger partial charge in [-0.2, -0.15) is 5.10 Å². The van der Waals surface area contributed by atoms with E-state index in [9.17, 15) is 4.79 Å². The summed E-state index contributed by atoms with van der Waals surface area (Å²) in [5.74, 6) is 2.46. The van der Waals surface area contributed by atoms with Crippen molar-refractivity contribution in [2.45, 2.75) is 70.2 Å². The lowest BCUT2D eigenvalue weighted by Gasteiger charge is -2.29. The fourth-order valence-electron chi connectivity index (χ4n) is 3.72. The number of methoxy groups -OCH3 is 1. The highest BCUT2D eigenvalue weighted by Gasteiger charge is 2.24. The van der Waals surface area contributed by atoms with Crippen molar-refractivity contribution in [1.82, 2.24) is 30.3 Å². The molecule has 0 saturated heterocycles. The Labute approximate surface area is 190 Å². The first kappa shape index (κ1) is 23.8. The first-order valence-electron chi connectivity index (χ1n) is 10.2. The second-order valence-electron chi connectivity index (χ2n) is 7.87. The van der Waals surface area contributed by atoms with Gasteiger partial charge in [-0.3, -0.25) is 4.79 Å². The zero-order valence-corrected chi connectivity index (χ0v) is 20.0. The van der Waals surface area contributed by atoms with E-state index >= 15 is 0 Å². The number of nitrogens with one attached hydrogen (secondary N) is 2. The molecule has 2 aliphatic rings. The summed E-state index contributed by atoms with van der Waals surface area (Å²) in [6.45, 7) is 1.31. The van der Waals surface area contributed by atoms with Crippen molar-refractivity contribution in [2.24, 2.45) is 4.99 Å². The molecule has 0 bridgehead atoms. The van der Waals surface area contributed by atoms with Gasteiger partial charge < -0.3 is 20.3 Å². The molecule has 1 fully saturated rings. The molecule has 1 atom stereocenters. The van der Waals surface area contributed by atoms with E-state index in [1.165, 1.54) is 19.3 Å². The van der Waals surface area contributed by atoms with E-state index in [4.69, 9.17) is 4.74 Å². The van der Waals surface area contributed by atoms with Gasteiger partial charge in [-0.25, -0.2) is 14.7 Å². The van der Waals surface area contributed by atoms with Crippen LogP contribution in [0.2, 0.25) is 0 Å². The fourth-order valence-corrected chi connectivity index (χ4v) is 3.72. The highest BCUT2D eigenvalue weighted by atomic mass is 127. The predicted octanol–water partition coefficient (Wildman–Crippen LogP) is 1.31. The minimum absolute atomic E-state index is 0. The summed E-state index contributed by atoms with van der Waals surface area (Å²) in [5, 5.41) is 11.6. The lowest BCUT2D eigenvalue weighted by molar-refractivity contribution is -0.127. The Morgan fingerprint density at radius 1 is 1.21 bits per heavy atom. The van der Waals surface area contributed by atoms with Crippen LogP contribution >= 0.6 is 24.0 Å². The number of aryl methyl sites for hydroxylation is 1. The number of rotatable bonds is 6. The predicted molar refractivity (Wildman–Crippen MR) is 122 cm³/mol. The molecule has 2 N–H and O–H groups in total. The molecular formula is C19H34IN7O2. The molecule has 1 saturated carbocycles. The number of hydrogen-bond acceptors (Lipinski definition) is 5. The number of amides is 1. The van der Waals surface area contributed by atoms with Gasteiger partial charge in [-0.15, -0.1) is 24.0 Å². The summed E-state index contributed by atoms with van der Waals surface area (Å²) in [7, 11) is 5.16. The van der Waals surface area contributed by atoms with Gasteiger partial charge in [0, 0.05) is 39.7 Å². The molecule has 1 amide bonds. The van der Waals surface area contributed by atoms with Gasteiger partial charge in [-0.05, 0) is 19.3 Å². The average molecular weight is 519 g/mol. The number of nitrogens with zero attached hydrogens (tertiary/aromatic N) is 5. The van der Waals surface area contributed by atoms with Crippen LogP contribution in [-0.4, -0.2) is 71.4 Å². The number of aromatic nitrogens is 3. The number of likely N-dealkylation sites (N-methyl/N-ethyl adjacent to an activating group) is 1. The topological polar surface area (TPSA) is 96.7 Å². The van der Waals surface area contributed by atoms with Crippen molar-refractivity contribution in [1.29, 1.82) is 0 Å². The van der Waals surface area contributed by atoms with E-state index in [-0.39, 0.29) is 42.5 Å². The summed E-state index contributed by atoms with van der Waals surface area (Å²) in [6.07, 6.45) is 7.92. The lowest BCUT2D eigenvalue weighted by atomic mass is 9.96. The minimum Gasteiger partial charge on any atom is -0.377 e. The minimum atomic E-state index is -0.00356. The SMILES string of the molecule is COCc1nc2n(n1)CC(NC(=NCC(=O)N(C)C)NC1CCCCC1)CC2.I. The van der Waals surface area contributed by atoms with Crippen molar-refractivity contribution in [2.75, 3.05) is 27.7 Å². The van der Waals surface area contributed by atoms with Gasteiger partial charge in [0.1, 0.15) is 19.0 Å². The molecule has 0 aromatic carbocycles. The fraction of sp³-hybridized carbons (Fsp3) is 0.789. The van der Waals surface area contributed by atoms with E-state index in [0.29, 0.717) is 12.6 Å². The average Bonchev–Trinajstić information content (AvgIpc) is 3.08. The normalized spacial score (nSPS) is 19.8. The number of halogens is 1. The molecule has 0 spiro atoms. The van der Waals surface area contributed by atoms with E-state index < -0.39 is 0 Å². The van der Waals surface area contributed by atoms with Crippen molar-refractivity contribution in [3.63, 3.8) is 0 Å². The Morgan fingerprint density at radius 2 is 1.93 bits per heavy atom. The van der Waals surface area contributed by atoms with Crippen LogP contribution in [0.5, 0.6) is 0 Å². The second-order valence-corrected chi connectivity index (χ2v) is 7.87. The number of aliphatic imine (C=N–C) groups is 1. The zero-order chi connectivity index (χ0) is 19.9. The molecule has 1 aromatic heterocycles. The molecule has 164 valence electrons. The maximum Gasteiger partial charge on any atom is 0.243 e. The van der Waals surface area contributed by atoms with Crippen LogP contribution in [0.15, 0.2) is 4.99 Å². The highest BCUT2D eigenvalue weighted by Crippen LogP contribution is 2.18. The third-order valence-electron chi connectivity index (χ3n) is 5.33. The van der Waals surface area contributed by atoms with E-state index in [0.717, 1.165) is 49.8 Å². The molecule has 2 heterocycles. The zero-order valence-electron chi connectivity index (χ0n) is 17.7. The summed E-state index contributed by atoms with van der Waals surface area (Å²) in [6, 6.07) is 0.627. The first-order chi connectivity index (χ1) is 13.5. The summed E-state index contributed by atoms with van der Waals surface area (Å²) in [5.41, 5.74) is 0. The third-order valence-corrected chi connectivity index (χ3v) is 5.33. The summed E-state index contributed by atoms with van der Waals surface area (Å²) in [4.78, 5) is 22.7. The largest absolute Gasteiger partial charge is 0.377 e. The van der Waals surface area contributed by atoms with Gasteiger partial charge in [0.25, 0.3) is 0 Å². The molecule has 29 heavy (non-hydrogen) atoms. The van der Waals surface area contributed by atoms with Crippen LogP contribution in [0.25, 0.3) is 0 Å². The summed E-state index contributed by atoms with van der Waals surface area (Å²) < 4.78 is 7.09. The van der Waals surface area contributed by atoms with Gasteiger partial charge in [0.2, 0.25) is 5.91 Å². The maximum absolute atomic E-state index is 12.0. The monoisotopic (exact) mass is 519 g/mol. The van der Waals surface area contributed by atoms with Crippen LogP contribution < -0.4 is 10.6 Å². The maximum atomic E-state index is 12.0. The standard InChI is InChI=1S/C19H33N7O2.HI/c1-25(2)18(27)11-20-19(21-14-7-5-4-6-8-14)22-15-9-10-17-23-16(13-28-3)24-26(17)12-15;/h14-15H,4-13H2,1-3H3,(H2,20,21,22);1H. The molecule has 1 unspecified atom stereocenters. The molecule has 3 rings (SSSR count). The van der Waals surface area contributed by atoms with Crippen molar-refractivity contribution in [3.8, 4) is 0 Å². The molecule has 1 aliphatic heterocycles. The van der Waals surface area contributed by atoms with Crippen LogP contribution in [0, 0.1) is 0 Å². The number of ether oxygens (including phenoxy) is 1. The smallest absolute Gasteiger partial charge is 0.243 e. The Kier molecular flexibility index (Phi) is 9.60. The van der Waals surface area contributed by atoms with Gasteiger partial charge >= 0.3 is 0 Å². The Balaban J connectivity index is 0.00000300. The molecular weight excluding hydrogens is 485 g/mol. The van der Waals surface area contributed by atoms with Crippen LogP contribution in [0.4, 0.5) is 0 Å². The van der Waals surface area contributed by atoms with E-state index in [1.807, 2.05) is 4.68 Å². The third kappa shape index (κ3) is 7.09. The lowest BCUT2D eigenvalue weighted by Crippen LogP contribution is -2.50. The number of fused-ring (bicyclic) bond motifs is 1. The van der Waals surface area contributed by atoms with Gasteiger partial charge in [0.15, 0.2) is 11.8 Å². The second kappa shape index (κ2) is 11.7. The van der Waals surface area contributed by atoms with E-state index in [2.05, 4.69) is 25.7 Å². The molecule has 10 heteroatoms. The first-order valence-corrected chi connectivity index (χ1v) is 10.2. The van der Waals surface area contributed by atoms with Crippen LogP contribution in [0.3, 0.4) is 0 Å². The van der Waals surface area contributed by atoms with Crippen molar-refractivity contribution in [3.05, 3.63) is 11.6 Å². The van der Waals surface area contributed by atoms with Crippen LogP contribution in [0.1, 0.15) is 50.2 Å². The number of carbonyl (C=O) groups excluding carboxylic acids is 1. The number of carbonyl (C=O) groups is 1. The Hall–Kier alpha value is -1.43. The number of guanidine groups is 1. The van der Waals surface area contributed by atoms with E-state index in [1.54, 1.807) is 26.1 Å². The Bertz CT molecular complexity index is 686. The quantitative estimate of drug-likeness (QED) is 0.335. The summed E-state index contributed by atoms with van der Waals surface area (Å²) >= 11 is 0.